The van der Waals surface area contributed by atoms with Crippen LogP contribution in [0.5, 0.6) is 11.5 Å². The average molecular weight is 433 g/mol. The van der Waals surface area contributed by atoms with Gasteiger partial charge in [-0.15, -0.1) is 0 Å². The van der Waals surface area contributed by atoms with Crippen molar-refractivity contribution in [2.24, 2.45) is 0 Å². The van der Waals surface area contributed by atoms with Crippen LogP contribution >= 0.6 is 0 Å². The molecule has 2 aromatic rings. The predicted molar refractivity (Wildman–Crippen MR) is 116 cm³/mol. The maximum Gasteiger partial charge on any atom is 0.243 e. The van der Waals surface area contributed by atoms with E-state index in [0.29, 0.717) is 36.6 Å². The molecule has 1 aliphatic heterocycles. The molecule has 3 rings (SSSR count). The Hall–Kier alpha value is -2.58. The SMILES string of the molecule is COc1ccc(S(=O)(=O)N2CCCC2C(=O)Nc2ccccc2C(C)C)cc1OC. The van der Waals surface area contributed by atoms with Crippen molar-refractivity contribution in [2.75, 3.05) is 26.1 Å². The average Bonchev–Trinajstić information content (AvgIpc) is 3.24. The second-order valence-electron chi connectivity index (χ2n) is 7.52. The second kappa shape index (κ2) is 9.06. The summed E-state index contributed by atoms with van der Waals surface area (Å²) in [5.74, 6) is 0.684. The van der Waals surface area contributed by atoms with Gasteiger partial charge in [-0.05, 0) is 42.5 Å². The van der Waals surface area contributed by atoms with Gasteiger partial charge < -0.3 is 14.8 Å². The second-order valence-corrected chi connectivity index (χ2v) is 9.41. The highest BCUT2D eigenvalue weighted by Crippen LogP contribution is 2.33. The van der Waals surface area contributed by atoms with Gasteiger partial charge >= 0.3 is 0 Å². The zero-order valence-electron chi connectivity index (χ0n) is 17.7. The smallest absolute Gasteiger partial charge is 0.243 e. The van der Waals surface area contributed by atoms with E-state index in [1.807, 2.05) is 38.1 Å². The molecule has 0 radical (unpaired) electrons. The van der Waals surface area contributed by atoms with Gasteiger partial charge in [-0.25, -0.2) is 8.42 Å². The Kier molecular flexibility index (Phi) is 6.67. The number of carbonyl (C=O) groups excluding carboxylic acids is 1. The van der Waals surface area contributed by atoms with Crippen molar-refractivity contribution in [3.63, 3.8) is 0 Å². The maximum atomic E-state index is 13.3. The summed E-state index contributed by atoms with van der Waals surface area (Å²) in [6, 6.07) is 11.3. The summed E-state index contributed by atoms with van der Waals surface area (Å²) in [6.07, 6.45) is 1.10. The van der Waals surface area contributed by atoms with Gasteiger partial charge in [0, 0.05) is 18.3 Å². The minimum Gasteiger partial charge on any atom is -0.493 e. The Labute approximate surface area is 178 Å². The van der Waals surface area contributed by atoms with Crippen LogP contribution in [0.4, 0.5) is 5.69 Å². The van der Waals surface area contributed by atoms with Crippen LogP contribution in [0.15, 0.2) is 47.4 Å². The zero-order valence-corrected chi connectivity index (χ0v) is 18.5. The number of rotatable bonds is 7. The van der Waals surface area contributed by atoms with Gasteiger partial charge in [-0.2, -0.15) is 4.31 Å². The summed E-state index contributed by atoms with van der Waals surface area (Å²) in [7, 11) is -0.933. The number of methoxy groups -OCH3 is 2. The first kappa shape index (κ1) is 22.1. The summed E-state index contributed by atoms with van der Waals surface area (Å²) < 4.78 is 38.3. The number of nitrogens with one attached hydrogen (secondary N) is 1. The van der Waals surface area contributed by atoms with Crippen molar-refractivity contribution in [3.05, 3.63) is 48.0 Å². The van der Waals surface area contributed by atoms with E-state index in [0.717, 1.165) is 5.56 Å². The topological polar surface area (TPSA) is 84.9 Å². The molecule has 1 atom stereocenters. The van der Waals surface area contributed by atoms with Gasteiger partial charge in [0.15, 0.2) is 11.5 Å². The molecule has 1 heterocycles. The zero-order chi connectivity index (χ0) is 21.9. The van der Waals surface area contributed by atoms with E-state index in [1.165, 1.54) is 30.7 Å². The quantitative estimate of drug-likeness (QED) is 0.722. The van der Waals surface area contributed by atoms with Crippen LogP contribution in [0, 0.1) is 0 Å². The van der Waals surface area contributed by atoms with E-state index in [2.05, 4.69) is 5.32 Å². The van der Waals surface area contributed by atoms with Crippen molar-refractivity contribution in [1.29, 1.82) is 0 Å². The highest BCUT2D eigenvalue weighted by Gasteiger charge is 2.40. The highest BCUT2D eigenvalue weighted by atomic mass is 32.2. The standard InChI is InChI=1S/C22H28N2O5S/c1-15(2)17-8-5-6-9-18(17)23-22(25)19-10-7-13-24(19)30(26,27)16-11-12-20(28-3)21(14-16)29-4/h5-6,8-9,11-12,14-15,19H,7,10,13H2,1-4H3,(H,23,25). The number of nitrogens with zero attached hydrogens (tertiary/aromatic N) is 1. The van der Waals surface area contributed by atoms with E-state index in [4.69, 9.17) is 9.47 Å². The predicted octanol–water partition coefficient (Wildman–Crippen LogP) is 3.62. The number of para-hydroxylation sites is 1. The lowest BCUT2D eigenvalue weighted by molar-refractivity contribution is -0.119. The molecule has 0 bridgehead atoms. The van der Waals surface area contributed by atoms with Crippen molar-refractivity contribution in [2.45, 2.75) is 43.5 Å². The van der Waals surface area contributed by atoms with Gasteiger partial charge in [-0.1, -0.05) is 32.0 Å². The fourth-order valence-corrected chi connectivity index (χ4v) is 5.40. The number of anilines is 1. The molecule has 30 heavy (non-hydrogen) atoms. The minimum atomic E-state index is -3.87. The van der Waals surface area contributed by atoms with Crippen molar-refractivity contribution < 1.29 is 22.7 Å². The number of hydrogen-bond donors (Lipinski definition) is 1. The third-order valence-corrected chi connectivity index (χ3v) is 7.21. The van der Waals surface area contributed by atoms with E-state index in [1.54, 1.807) is 6.07 Å². The van der Waals surface area contributed by atoms with Crippen LogP contribution in [0.2, 0.25) is 0 Å². The van der Waals surface area contributed by atoms with Crippen LogP contribution in [0.1, 0.15) is 38.2 Å². The molecule has 0 spiro atoms. The number of ether oxygens (including phenoxy) is 2. The largest absolute Gasteiger partial charge is 0.493 e. The molecular weight excluding hydrogens is 404 g/mol. The fraction of sp³-hybridized carbons (Fsp3) is 0.409. The summed E-state index contributed by atoms with van der Waals surface area (Å²) in [6.45, 7) is 4.39. The molecule has 7 nitrogen and oxygen atoms in total. The Bertz CT molecular complexity index is 1020. The van der Waals surface area contributed by atoms with Gasteiger partial charge in [-0.3, -0.25) is 4.79 Å². The summed E-state index contributed by atoms with van der Waals surface area (Å²) in [5.41, 5.74) is 1.73. The molecular formula is C22H28N2O5S. The van der Waals surface area contributed by atoms with E-state index in [-0.39, 0.29) is 16.7 Å². The van der Waals surface area contributed by atoms with Crippen LogP contribution in [0.25, 0.3) is 0 Å². The highest BCUT2D eigenvalue weighted by molar-refractivity contribution is 7.89. The maximum absolute atomic E-state index is 13.3. The van der Waals surface area contributed by atoms with Crippen molar-refractivity contribution in [3.8, 4) is 11.5 Å². The fourth-order valence-electron chi connectivity index (χ4n) is 3.73. The van der Waals surface area contributed by atoms with Crippen LogP contribution < -0.4 is 14.8 Å². The molecule has 162 valence electrons. The lowest BCUT2D eigenvalue weighted by Gasteiger charge is -2.24. The lowest BCUT2D eigenvalue weighted by atomic mass is 10.0. The molecule has 1 fully saturated rings. The Morgan fingerprint density at radius 3 is 2.47 bits per heavy atom. The molecule has 1 amide bonds. The van der Waals surface area contributed by atoms with E-state index >= 15 is 0 Å². The van der Waals surface area contributed by atoms with Crippen molar-refractivity contribution >= 4 is 21.6 Å². The first-order valence-corrected chi connectivity index (χ1v) is 11.4. The lowest BCUT2D eigenvalue weighted by Crippen LogP contribution is -2.43. The number of benzene rings is 2. The monoisotopic (exact) mass is 432 g/mol. The number of sulfonamides is 1. The minimum absolute atomic E-state index is 0.0717. The molecule has 1 aliphatic rings. The van der Waals surface area contributed by atoms with Crippen LogP contribution in [-0.2, 0) is 14.8 Å². The van der Waals surface area contributed by atoms with Gasteiger partial charge in [0.05, 0.1) is 19.1 Å². The Morgan fingerprint density at radius 1 is 1.10 bits per heavy atom. The number of amides is 1. The molecule has 8 heteroatoms. The number of carbonyl (C=O) groups is 1. The third-order valence-electron chi connectivity index (χ3n) is 5.31. The van der Waals surface area contributed by atoms with E-state index in [9.17, 15) is 13.2 Å². The molecule has 0 aliphatic carbocycles. The molecule has 2 aromatic carbocycles. The molecule has 0 aromatic heterocycles. The Balaban J connectivity index is 1.87. The normalized spacial score (nSPS) is 17.2. The van der Waals surface area contributed by atoms with Crippen LogP contribution in [-0.4, -0.2) is 45.4 Å². The molecule has 1 saturated heterocycles. The van der Waals surface area contributed by atoms with E-state index < -0.39 is 16.1 Å². The van der Waals surface area contributed by atoms with Crippen molar-refractivity contribution in [1.82, 2.24) is 4.31 Å². The molecule has 1 N–H and O–H groups in total. The first-order valence-electron chi connectivity index (χ1n) is 9.93. The van der Waals surface area contributed by atoms with Gasteiger partial charge in [0.25, 0.3) is 0 Å². The molecule has 0 saturated carbocycles. The summed E-state index contributed by atoms with van der Waals surface area (Å²) in [5, 5.41) is 2.94. The van der Waals surface area contributed by atoms with Crippen LogP contribution in [0.3, 0.4) is 0 Å². The summed E-state index contributed by atoms with van der Waals surface area (Å²) >= 11 is 0. The number of hydrogen-bond acceptors (Lipinski definition) is 5. The summed E-state index contributed by atoms with van der Waals surface area (Å²) in [4.78, 5) is 13.1. The molecule has 1 unspecified atom stereocenters. The van der Waals surface area contributed by atoms with Gasteiger partial charge in [0.1, 0.15) is 6.04 Å². The third kappa shape index (κ3) is 4.29. The first-order chi connectivity index (χ1) is 14.3. The Morgan fingerprint density at radius 2 is 1.80 bits per heavy atom. The van der Waals surface area contributed by atoms with Gasteiger partial charge in [0.2, 0.25) is 15.9 Å².